The third-order valence-electron chi connectivity index (χ3n) is 3.72. The molecule has 3 nitrogen and oxygen atoms in total. The third-order valence-corrected chi connectivity index (χ3v) is 3.72. The van der Waals surface area contributed by atoms with Crippen LogP contribution in [-0.4, -0.2) is 5.79 Å². The highest BCUT2D eigenvalue weighted by Crippen LogP contribution is 2.40. The van der Waals surface area contributed by atoms with Gasteiger partial charge in [0.25, 0.3) is 0 Å². The number of rotatable bonds is 3. The number of anilines is 1. The minimum absolute atomic E-state index is 0.574. The summed E-state index contributed by atoms with van der Waals surface area (Å²) in [6.45, 7) is 8.89. The van der Waals surface area contributed by atoms with Gasteiger partial charge in [0, 0.05) is 32.1 Å². The summed E-state index contributed by atoms with van der Waals surface area (Å²) in [6, 6.07) is 12.5. The highest BCUT2D eigenvalue weighted by molar-refractivity contribution is 5.56. The second-order valence-corrected chi connectivity index (χ2v) is 6.04. The van der Waals surface area contributed by atoms with Crippen LogP contribution in [0, 0.1) is 13.8 Å². The predicted molar refractivity (Wildman–Crippen MR) is 85.0 cm³/mol. The average molecular weight is 283 g/mol. The van der Waals surface area contributed by atoms with Gasteiger partial charge in [-0.25, -0.2) is 0 Å². The zero-order valence-corrected chi connectivity index (χ0v) is 13.0. The van der Waals surface area contributed by atoms with Gasteiger partial charge >= 0.3 is 0 Å². The van der Waals surface area contributed by atoms with Crippen molar-refractivity contribution in [1.82, 2.24) is 0 Å². The van der Waals surface area contributed by atoms with Gasteiger partial charge < -0.3 is 14.8 Å². The summed E-state index contributed by atoms with van der Waals surface area (Å²) >= 11 is 0. The molecule has 0 bridgehead atoms. The lowest BCUT2D eigenvalue weighted by atomic mass is 10.1. The van der Waals surface area contributed by atoms with Crippen LogP contribution in [-0.2, 0) is 6.54 Å². The summed E-state index contributed by atoms with van der Waals surface area (Å²) in [5.74, 6) is 1.02. The first-order chi connectivity index (χ1) is 9.93. The molecular weight excluding hydrogens is 262 g/mol. The number of ether oxygens (including phenoxy) is 2. The molecule has 3 rings (SSSR count). The zero-order valence-electron chi connectivity index (χ0n) is 13.0. The molecule has 0 spiro atoms. The Morgan fingerprint density at radius 2 is 1.67 bits per heavy atom. The quantitative estimate of drug-likeness (QED) is 0.904. The summed E-state index contributed by atoms with van der Waals surface area (Å²) in [5, 5.41) is 3.43. The fourth-order valence-corrected chi connectivity index (χ4v) is 2.45. The van der Waals surface area contributed by atoms with Crippen molar-refractivity contribution in [2.45, 2.75) is 40.0 Å². The number of aryl methyl sites for hydroxylation is 2. The Bertz CT molecular complexity index is 677. The van der Waals surface area contributed by atoms with E-state index in [1.807, 2.05) is 32.0 Å². The maximum atomic E-state index is 5.76. The van der Waals surface area contributed by atoms with Crippen LogP contribution in [0.2, 0.25) is 0 Å². The number of nitrogens with one attached hydrogen (secondary N) is 1. The van der Waals surface area contributed by atoms with E-state index in [9.17, 15) is 0 Å². The molecule has 1 N–H and O–H groups in total. The lowest BCUT2D eigenvalue weighted by molar-refractivity contribution is -0.0431. The van der Waals surface area contributed by atoms with Crippen molar-refractivity contribution in [3.8, 4) is 11.5 Å². The van der Waals surface area contributed by atoms with Crippen LogP contribution in [0.5, 0.6) is 11.5 Å². The van der Waals surface area contributed by atoms with Gasteiger partial charge in [-0.3, -0.25) is 0 Å². The van der Waals surface area contributed by atoms with Gasteiger partial charge in [-0.2, -0.15) is 0 Å². The molecule has 0 fully saturated rings. The Hall–Kier alpha value is -2.16. The minimum Gasteiger partial charge on any atom is -0.449 e. The van der Waals surface area contributed by atoms with Crippen molar-refractivity contribution in [2.24, 2.45) is 0 Å². The van der Waals surface area contributed by atoms with Crippen LogP contribution in [0.3, 0.4) is 0 Å². The molecule has 0 radical (unpaired) electrons. The van der Waals surface area contributed by atoms with Crippen molar-refractivity contribution in [1.29, 1.82) is 0 Å². The highest BCUT2D eigenvalue weighted by atomic mass is 16.7. The van der Waals surface area contributed by atoms with Gasteiger partial charge in [0.1, 0.15) is 0 Å². The summed E-state index contributed by atoms with van der Waals surface area (Å²) < 4.78 is 11.5. The van der Waals surface area contributed by atoms with E-state index in [4.69, 9.17) is 9.47 Å². The third kappa shape index (κ3) is 2.97. The lowest BCUT2D eigenvalue weighted by Gasteiger charge is -2.16. The number of fused-ring (bicyclic) bond motifs is 1. The fraction of sp³-hybridized carbons (Fsp3) is 0.333. The molecule has 0 saturated carbocycles. The van der Waals surface area contributed by atoms with Gasteiger partial charge in [0.2, 0.25) is 5.79 Å². The van der Waals surface area contributed by atoms with E-state index in [0.29, 0.717) is 0 Å². The van der Waals surface area contributed by atoms with Crippen LogP contribution in [0.4, 0.5) is 5.69 Å². The highest BCUT2D eigenvalue weighted by Gasteiger charge is 2.31. The smallest absolute Gasteiger partial charge is 0.246 e. The molecule has 0 amide bonds. The summed E-state index contributed by atoms with van der Waals surface area (Å²) in [5.41, 5.74) is 4.95. The first-order valence-electron chi connectivity index (χ1n) is 7.25. The van der Waals surface area contributed by atoms with E-state index in [1.54, 1.807) is 0 Å². The predicted octanol–water partition coefficient (Wildman–Crippen LogP) is 4.42. The van der Waals surface area contributed by atoms with Gasteiger partial charge in [0.15, 0.2) is 11.5 Å². The molecule has 110 valence electrons. The standard InChI is InChI=1S/C18H21NO2/c1-12-5-6-14(9-13(12)2)11-19-15-7-8-16-17(10-15)21-18(3,4)20-16/h5-10,19H,11H2,1-4H3. The SMILES string of the molecule is Cc1ccc(CNc2ccc3c(c2)OC(C)(C)O3)cc1C. The van der Waals surface area contributed by atoms with Crippen LogP contribution in [0.1, 0.15) is 30.5 Å². The monoisotopic (exact) mass is 283 g/mol. The van der Waals surface area contributed by atoms with Crippen molar-refractivity contribution in [3.05, 3.63) is 53.1 Å². The Morgan fingerprint density at radius 1 is 0.905 bits per heavy atom. The van der Waals surface area contributed by atoms with E-state index >= 15 is 0 Å². The van der Waals surface area contributed by atoms with E-state index in [2.05, 4.69) is 37.4 Å². The number of benzene rings is 2. The molecule has 1 aliphatic heterocycles. The molecule has 0 aromatic heterocycles. The minimum atomic E-state index is -0.574. The van der Waals surface area contributed by atoms with Crippen molar-refractivity contribution in [2.75, 3.05) is 5.32 Å². The van der Waals surface area contributed by atoms with Gasteiger partial charge in [-0.15, -0.1) is 0 Å². The number of hydrogen-bond donors (Lipinski definition) is 1. The molecule has 0 saturated heterocycles. The fourth-order valence-electron chi connectivity index (χ4n) is 2.45. The van der Waals surface area contributed by atoms with Crippen molar-refractivity contribution in [3.63, 3.8) is 0 Å². The normalized spacial score (nSPS) is 15.0. The molecule has 3 heteroatoms. The van der Waals surface area contributed by atoms with E-state index < -0.39 is 5.79 Å². The Morgan fingerprint density at radius 3 is 2.43 bits per heavy atom. The van der Waals surface area contributed by atoms with E-state index in [0.717, 1.165) is 23.7 Å². The number of hydrogen-bond acceptors (Lipinski definition) is 3. The van der Waals surface area contributed by atoms with Crippen molar-refractivity contribution < 1.29 is 9.47 Å². The summed E-state index contributed by atoms with van der Waals surface area (Å²) in [7, 11) is 0. The van der Waals surface area contributed by atoms with Gasteiger partial charge in [0.05, 0.1) is 0 Å². The molecule has 1 heterocycles. The maximum absolute atomic E-state index is 5.76. The second kappa shape index (κ2) is 4.99. The van der Waals surface area contributed by atoms with E-state index in [1.165, 1.54) is 16.7 Å². The molecule has 21 heavy (non-hydrogen) atoms. The van der Waals surface area contributed by atoms with Crippen LogP contribution >= 0.6 is 0 Å². The average Bonchev–Trinajstić information content (AvgIpc) is 2.73. The first-order valence-corrected chi connectivity index (χ1v) is 7.25. The summed E-state index contributed by atoms with van der Waals surface area (Å²) in [4.78, 5) is 0. The topological polar surface area (TPSA) is 30.5 Å². The van der Waals surface area contributed by atoms with Gasteiger partial charge in [-0.1, -0.05) is 18.2 Å². The Kier molecular flexibility index (Phi) is 3.28. The molecule has 2 aromatic rings. The largest absolute Gasteiger partial charge is 0.449 e. The Balaban J connectivity index is 1.71. The van der Waals surface area contributed by atoms with E-state index in [-0.39, 0.29) is 0 Å². The van der Waals surface area contributed by atoms with Crippen LogP contribution in [0.25, 0.3) is 0 Å². The maximum Gasteiger partial charge on any atom is 0.246 e. The Labute approximate surface area is 125 Å². The van der Waals surface area contributed by atoms with Crippen LogP contribution in [0.15, 0.2) is 36.4 Å². The molecular formula is C18H21NO2. The molecule has 1 aliphatic rings. The lowest BCUT2D eigenvalue weighted by Crippen LogP contribution is -2.29. The van der Waals surface area contributed by atoms with Crippen LogP contribution < -0.4 is 14.8 Å². The van der Waals surface area contributed by atoms with Gasteiger partial charge in [-0.05, 0) is 42.7 Å². The molecule has 0 unspecified atom stereocenters. The first kappa shape index (κ1) is 13.8. The zero-order chi connectivity index (χ0) is 15.0. The molecule has 0 aliphatic carbocycles. The second-order valence-electron chi connectivity index (χ2n) is 6.04. The summed E-state index contributed by atoms with van der Waals surface area (Å²) in [6.07, 6.45) is 0. The van der Waals surface area contributed by atoms with Crippen molar-refractivity contribution >= 4 is 5.69 Å². The molecule has 0 atom stereocenters. The molecule has 2 aromatic carbocycles.